The van der Waals surface area contributed by atoms with E-state index in [-0.39, 0.29) is 17.4 Å². The molecule has 0 bridgehead atoms. The molecule has 0 saturated carbocycles. The van der Waals surface area contributed by atoms with Crippen LogP contribution in [0.25, 0.3) is 11.5 Å². The van der Waals surface area contributed by atoms with E-state index in [2.05, 4.69) is 10.1 Å². The number of hydrogen-bond acceptors (Lipinski definition) is 4. The van der Waals surface area contributed by atoms with Crippen molar-refractivity contribution >= 4 is 5.69 Å². The highest BCUT2D eigenvalue weighted by Gasteiger charge is 2.14. The maximum absolute atomic E-state index is 13.4. The topological polar surface area (TPSA) is 64.9 Å². The lowest BCUT2D eigenvalue weighted by Gasteiger charge is -2.00. The van der Waals surface area contributed by atoms with Crippen LogP contribution >= 0.6 is 0 Å². The first-order valence-corrected chi connectivity index (χ1v) is 6.25. The number of aromatic nitrogens is 2. The summed E-state index contributed by atoms with van der Waals surface area (Å²) in [5.41, 5.74) is 6.81. The Labute approximate surface area is 119 Å². The molecule has 1 heterocycles. The molecule has 3 rings (SSSR count). The van der Waals surface area contributed by atoms with Crippen LogP contribution in [0, 0.1) is 11.6 Å². The van der Waals surface area contributed by atoms with Crippen molar-refractivity contribution in [3.05, 3.63) is 65.5 Å². The molecule has 0 atom stereocenters. The quantitative estimate of drug-likeness (QED) is 0.751. The molecule has 3 aromatic rings. The van der Waals surface area contributed by atoms with Crippen LogP contribution in [0.15, 0.2) is 47.0 Å². The monoisotopic (exact) mass is 287 g/mol. The van der Waals surface area contributed by atoms with Crippen molar-refractivity contribution in [2.24, 2.45) is 0 Å². The van der Waals surface area contributed by atoms with Gasteiger partial charge >= 0.3 is 0 Å². The minimum atomic E-state index is -0.536. The summed E-state index contributed by atoms with van der Waals surface area (Å²) in [7, 11) is 0. The highest BCUT2D eigenvalue weighted by atomic mass is 19.1. The van der Waals surface area contributed by atoms with E-state index < -0.39 is 5.82 Å². The van der Waals surface area contributed by atoms with Crippen molar-refractivity contribution in [1.29, 1.82) is 0 Å². The predicted octanol–water partition coefficient (Wildman–Crippen LogP) is 3.19. The van der Waals surface area contributed by atoms with Gasteiger partial charge in [-0.2, -0.15) is 4.98 Å². The van der Waals surface area contributed by atoms with Crippen LogP contribution in [-0.2, 0) is 6.42 Å². The van der Waals surface area contributed by atoms with Crippen molar-refractivity contribution in [1.82, 2.24) is 10.1 Å². The minimum Gasteiger partial charge on any atom is -0.396 e. The van der Waals surface area contributed by atoms with Gasteiger partial charge in [-0.05, 0) is 29.8 Å². The molecule has 0 fully saturated rings. The predicted molar refractivity (Wildman–Crippen MR) is 73.3 cm³/mol. The average Bonchev–Trinajstić information content (AvgIpc) is 2.93. The highest BCUT2D eigenvalue weighted by molar-refractivity contribution is 5.70. The van der Waals surface area contributed by atoms with E-state index in [0.29, 0.717) is 17.8 Å². The fourth-order valence-corrected chi connectivity index (χ4v) is 1.94. The SMILES string of the molecule is Nc1c(F)cccc1-c1nc(Cc2ccc(F)cc2)no1. The van der Waals surface area contributed by atoms with E-state index in [1.54, 1.807) is 18.2 Å². The molecule has 0 aliphatic heterocycles. The molecule has 0 aliphatic rings. The lowest BCUT2D eigenvalue weighted by atomic mass is 10.1. The summed E-state index contributed by atoms with van der Waals surface area (Å²) < 4.78 is 31.3. The molecule has 0 aliphatic carbocycles. The fourth-order valence-electron chi connectivity index (χ4n) is 1.94. The molecule has 2 N–H and O–H groups in total. The zero-order chi connectivity index (χ0) is 14.8. The fraction of sp³-hybridized carbons (Fsp3) is 0.0667. The maximum atomic E-state index is 13.4. The van der Waals surface area contributed by atoms with E-state index in [1.165, 1.54) is 24.3 Å². The Bertz CT molecular complexity index is 769. The zero-order valence-electron chi connectivity index (χ0n) is 10.9. The van der Waals surface area contributed by atoms with Crippen LogP contribution < -0.4 is 5.73 Å². The van der Waals surface area contributed by atoms with Crippen LogP contribution in [0.2, 0.25) is 0 Å². The first kappa shape index (κ1) is 13.2. The molecule has 0 radical (unpaired) electrons. The van der Waals surface area contributed by atoms with E-state index in [1.807, 2.05) is 0 Å². The molecular formula is C15H11F2N3O. The minimum absolute atomic E-state index is 0.0329. The molecule has 4 nitrogen and oxygen atoms in total. The van der Waals surface area contributed by atoms with Crippen molar-refractivity contribution in [2.45, 2.75) is 6.42 Å². The van der Waals surface area contributed by atoms with Gasteiger partial charge in [0.15, 0.2) is 5.82 Å². The number of hydrogen-bond donors (Lipinski definition) is 1. The van der Waals surface area contributed by atoms with E-state index in [0.717, 1.165) is 5.56 Å². The smallest absolute Gasteiger partial charge is 0.260 e. The normalized spacial score (nSPS) is 10.8. The van der Waals surface area contributed by atoms with Gasteiger partial charge in [0.2, 0.25) is 0 Å². The van der Waals surface area contributed by atoms with Crippen LogP contribution in [0.3, 0.4) is 0 Å². The summed E-state index contributed by atoms with van der Waals surface area (Å²) in [6.45, 7) is 0. The Hall–Kier alpha value is -2.76. The average molecular weight is 287 g/mol. The number of anilines is 1. The van der Waals surface area contributed by atoms with Crippen molar-refractivity contribution in [3.8, 4) is 11.5 Å². The molecule has 106 valence electrons. The molecule has 0 spiro atoms. The Kier molecular flexibility index (Phi) is 3.35. The number of para-hydroxylation sites is 1. The van der Waals surface area contributed by atoms with E-state index >= 15 is 0 Å². The molecule has 6 heteroatoms. The Morgan fingerprint density at radius 3 is 2.57 bits per heavy atom. The lowest BCUT2D eigenvalue weighted by molar-refractivity contribution is 0.424. The molecule has 0 saturated heterocycles. The van der Waals surface area contributed by atoms with E-state index in [9.17, 15) is 8.78 Å². The van der Waals surface area contributed by atoms with Gasteiger partial charge in [-0.1, -0.05) is 23.4 Å². The summed E-state index contributed by atoms with van der Waals surface area (Å²) in [6, 6.07) is 10.4. The van der Waals surface area contributed by atoms with Gasteiger partial charge in [-0.15, -0.1) is 0 Å². The standard InChI is InChI=1S/C15H11F2N3O/c16-10-6-4-9(5-7-10)8-13-19-15(21-20-13)11-2-1-3-12(17)14(11)18/h1-7H,8,18H2. The Morgan fingerprint density at radius 1 is 1.05 bits per heavy atom. The maximum Gasteiger partial charge on any atom is 0.260 e. The van der Waals surface area contributed by atoms with Gasteiger partial charge in [0.1, 0.15) is 11.6 Å². The zero-order valence-corrected chi connectivity index (χ0v) is 10.9. The van der Waals surface area contributed by atoms with Crippen molar-refractivity contribution < 1.29 is 13.3 Å². The van der Waals surface area contributed by atoms with Gasteiger partial charge in [0.25, 0.3) is 5.89 Å². The Morgan fingerprint density at radius 2 is 1.81 bits per heavy atom. The van der Waals surface area contributed by atoms with Crippen LogP contribution in [-0.4, -0.2) is 10.1 Å². The third kappa shape index (κ3) is 2.74. The molecule has 0 amide bonds. The Balaban J connectivity index is 1.86. The summed E-state index contributed by atoms with van der Waals surface area (Å²) in [5.74, 6) is -0.268. The lowest BCUT2D eigenvalue weighted by Crippen LogP contribution is -1.95. The number of benzene rings is 2. The highest BCUT2D eigenvalue weighted by Crippen LogP contribution is 2.26. The molecule has 0 unspecified atom stereocenters. The van der Waals surface area contributed by atoms with Crippen LogP contribution in [0.1, 0.15) is 11.4 Å². The third-order valence-electron chi connectivity index (χ3n) is 3.03. The van der Waals surface area contributed by atoms with E-state index in [4.69, 9.17) is 10.3 Å². The largest absolute Gasteiger partial charge is 0.396 e. The summed E-state index contributed by atoms with van der Waals surface area (Å²) in [4.78, 5) is 4.18. The van der Waals surface area contributed by atoms with Gasteiger partial charge in [-0.3, -0.25) is 0 Å². The molecular weight excluding hydrogens is 276 g/mol. The first-order valence-electron chi connectivity index (χ1n) is 6.25. The molecule has 2 aromatic carbocycles. The number of rotatable bonds is 3. The second kappa shape index (κ2) is 5.32. The second-order valence-corrected chi connectivity index (χ2v) is 4.52. The van der Waals surface area contributed by atoms with Gasteiger partial charge in [-0.25, -0.2) is 8.78 Å². The number of nitrogens with zero attached hydrogens (tertiary/aromatic N) is 2. The molecule has 1 aromatic heterocycles. The number of nitrogen functional groups attached to an aromatic ring is 1. The van der Waals surface area contributed by atoms with Gasteiger partial charge in [0, 0.05) is 6.42 Å². The number of halogens is 2. The summed E-state index contributed by atoms with van der Waals surface area (Å²) in [6.07, 6.45) is 0.388. The third-order valence-corrected chi connectivity index (χ3v) is 3.03. The van der Waals surface area contributed by atoms with Gasteiger partial charge in [0.05, 0.1) is 11.3 Å². The second-order valence-electron chi connectivity index (χ2n) is 4.52. The number of nitrogens with two attached hydrogens (primary N) is 1. The van der Waals surface area contributed by atoms with Crippen LogP contribution in [0.4, 0.5) is 14.5 Å². The first-order chi connectivity index (χ1) is 10.1. The van der Waals surface area contributed by atoms with Crippen molar-refractivity contribution in [2.75, 3.05) is 5.73 Å². The van der Waals surface area contributed by atoms with Crippen LogP contribution in [0.5, 0.6) is 0 Å². The van der Waals surface area contributed by atoms with Crippen molar-refractivity contribution in [3.63, 3.8) is 0 Å². The summed E-state index contributed by atoms with van der Waals surface area (Å²) >= 11 is 0. The molecule has 21 heavy (non-hydrogen) atoms. The summed E-state index contributed by atoms with van der Waals surface area (Å²) in [5, 5.41) is 3.82. The van der Waals surface area contributed by atoms with Gasteiger partial charge < -0.3 is 10.3 Å².